The van der Waals surface area contributed by atoms with Gasteiger partial charge in [-0.1, -0.05) is 13.8 Å². The summed E-state index contributed by atoms with van der Waals surface area (Å²) in [5.74, 6) is -3.34. The number of amides is 1. The molecule has 1 aromatic carbocycles. The van der Waals surface area contributed by atoms with Crippen molar-refractivity contribution in [3.63, 3.8) is 0 Å². The van der Waals surface area contributed by atoms with Crippen LogP contribution in [0.1, 0.15) is 49.9 Å². The van der Waals surface area contributed by atoms with Gasteiger partial charge >= 0.3 is 5.97 Å². The van der Waals surface area contributed by atoms with Crippen molar-refractivity contribution < 1.29 is 29.1 Å². The lowest BCUT2D eigenvalue weighted by molar-refractivity contribution is -0.139. The van der Waals surface area contributed by atoms with Gasteiger partial charge in [-0.25, -0.2) is 4.79 Å². The van der Waals surface area contributed by atoms with Gasteiger partial charge in [-0.2, -0.15) is 0 Å². The number of rotatable bonds is 10. The van der Waals surface area contributed by atoms with Gasteiger partial charge in [-0.15, -0.1) is 0 Å². The van der Waals surface area contributed by atoms with Crippen molar-refractivity contribution in [3.05, 3.63) is 29.8 Å². The molecule has 0 saturated carbocycles. The molecule has 0 fully saturated rings. The number of carboxylic acids is 1. The molecule has 0 bridgehead atoms. The van der Waals surface area contributed by atoms with E-state index in [4.69, 9.17) is 5.11 Å². The predicted octanol–water partition coefficient (Wildman–Crippen LogP) is 2.25. The van der Waals surface area contributed by atoms with Gasteiger partial charge < -0.3 is 10.4 Å². The summed E-state index contributed by atoms with van der Waals surface area (Å²) in [7, 11) is 0. The van der Waals surface area contributed by atoms with Crippen LogP contribution in [0.2, 0.25) is 0 Å². The number of ketones is 3. The summed E-state index contributed by atoms with van der Waals surface area (Å²) in [5, 5.41) is 11.4. The van der Waals surface area contributed by atoms with Gasteiger partial charge in [0.15, 0.2) is 5.78 Å². The summed E-state index contributed by atoms with van der Waals surface area (Å²) in [4.78, 5) is 57.2. The molecule has 7 heteroatoms. The lowest BCUT2D eigenvalue weighted by Gasteiger charge is -2.06. The Hall–Kier alpha value is -2.83. The van der Waals surface area contributed by atoms with E-state index in [2.05, 4.69) is 5.32 Å². The van der Waals surface area contributed by atoms with Crippen molar-refractivity contribution in [2.24, 2.45) is 5.92 Å². The molecule has 2 N–H and O–H groups in total. The lowest BCUT2D eigenvalue weighted by Crippen LogP contribution is -2.21. The summed E-state index contributed by atoms with van der Waals surface area (Å²) in [6.45, 7) is 3.32. The topological polar surface area (TPSA) is 118 Å². The Morgan fingerprint density at radius 3 is 2.08 bits per heavy atom. The maximum atomic E-state index is 11.8. The zero-order chi connectivity index (χ0) is 19.0. The number of aromatic carboxylic acids is 1. The van der Waals surface area contributed by atoms with Crippen molar-refractivity contribution >= 4 is 34.9 Å². The second-order valence-corrected chi connectivity index (χ2v) is 5.93. The fourth-order valence-corrected chi connectivity index (χ4v) is 1.93. The van der Waals surface area contributed by atoms with E-state index in [1.54, 1.807) is 13.8 Å². The van der Waals surface area contributed by atoms with E-state index in [1.807, 2.05) is 0 Å². The standard InChI is InChI=1S/C18H21NO6/c1-11(2)15(21)10-16(22)14(20)4-3-5-17(23)19-13-8-6-12(7-9-13)18(24)25/h6-9,11H,3-5,10H2,1-2H3,(H,19,23)(H,24,25). The summed E-state index contributed by atoms with van der Waals surface area (Å²) in [6.07, 6.45) is -0.245. The second-order valence-electron chi connectivity index (χ2n) is 5.93. The van der Waals surface area contributed by atoms with E-state index >= 15 is 0 Å². The van der Waals surface area contributed by atoms with Gasteiger partial charge in [0.2, 0.25) is 11.7 Å². The van der Waals surface area contributed by atoms with Crippen molar-refractivity contribution in [2.75, 3.05) is 5.32 Å². The number of carboxylic acid groups (broad SMARTS) is 1. The molecule has 0 unspecified atom stereocenters. The Morgan fingerprint density at radius 2 is 1.56 bits per heavy atom. The average molecular weight is 347 g/mol. The molecule has 0 heterocycles. The monoisotopic (exact) mass is 347 g/mol. The number of hydrogen-bond acceptors (Lipinski definition) is 5. The van der Waals surface area contributed by atoms with Gasteiger partial charge in [0.25, 0.3) is 0 Å². The lowest BCUT2D eigenvalue weighted by atomic mass is 10.00. The summed E-state index contributed by atoms with van der Waals surface area (Å²) < 4.78 is 0. The van der Waals surface area contributed by atoms with Gasteiger partial charge in [0.05, 0.1) is 12.0 Å². The number of hydrogen-bond donors (Lipinski definition) is 2. The molecule has 1 aromatic rings. The first-order chi connectivity index (χ1) is 11.7. The van der Waals surface area contributed by atoms with Crippen LogP contribution < -0.4 is 5.32 Å². The van der Waals surface area contributed by atoms with Crippen LogP contribution in [0.3, 0.4) is 0 Å². The molecule has 25 heavy (non-hydrogen) atoms. The fourth-order valence-electron chi connectivity index (χ4n) is 1.93. The molecule has 1 amide bonds. The van der Waals surface area contributed by atoms with E-state index in [0.29, 0.717) is 5.69 Å². The van der Waals surface area contributed by atoms with E-state index in [-0.39, 0.29) is 42.4 Å². The maximum Gasteiger partial charge on any atom is 0.335 e. The molecular formula is C18H21NO6. The van der Waals surface area contributed by atoms with Crippen molar-refractivity contribution in [1.29, 1.82) is 0 Å². The zero-order valence-electron chi connectivity index (χ0n) is 14.2. The third-order valence-corrected chi connectivity index (χ3v) is 3.51. The summed E-state index contributed by atoms with van der Waals surface area (Å²) in [5.41, 5.74) is 0.554. The highest BCUT2D eigenvalue weighted by Crippen LogP contribution is 2.11. The van der Waals surface area contributed by atoms with Crippen LogP contribution in [0.5, 0.6) is 0 Å². The van der Waals surface area contributed by atoms with Gasteiger partial charge in [-0.05, 0) is 30.7 Å². The molecule has 0 aliphatic heterocycles. The molecule has 0 atom stereocenters. The van der Waals surface area contributed by atoms with E-state index in [9.17, 15) is 24.0 Å². The first-order valence-electron chi connectivity index (χ1n) is 7.92. The molecule has 0 saturated heterocycles. The number of carbonyl (C=O) groups excluding carboxylic acids is 4. The highest BCUT2D eigenvalue weighted by Gasteiger charge is 2.19. The number of carbonyl (C=O) groups is 5. The normalized spacial score (nSPS) is 10.4. The first kappa shape index (κ1) is 20.2. The minimum absolute atomic E-state index is 0.0395. The number of Topliss-reactive ketones (excluding diaryl/α,β-unsaturated/α-hetero) is 3. The highest BCUT2D eigenvalue weighted by molar-refractivity contribution is 6.40. The van der Waals surface area contributed by atoms with Crippen LogP contribution in [0, 0.1) is 5.92 Å². The first-order valence-corrected chi connectivity index (χ1v) is 7.92. The Labute approximate surface area is 145 Å². The molecular weight excluding hydrogens is 326 g/mol. The Balaban J connectivity index is 2.36. The average Bonchev–Trinajstić information content (AvgIpc) is 2.54. The number of anilines is 1. The molecule has 7 nitrogen and oxygen atoms in total. The second kappa shape index (κ2) is 9.46. The van der Waals surface area contributed by atoms with Crippen molar-refractivity contribution in [1.82, 2.24) is 0 Å². The molecule has 134 valence electrons. The third kappa shape index (κ3) is 7.07. The molecule has 0 aliphatic rings. The maximum absolute atomic E-state index is 11.8. The molecule has 1 rings (SSSR count). The van der Waals surface area contributed by atoms with Gasteiger partial charge in [-0.3, -0.25) is 19.2 Å². The van der Waals surface area contributed by atoms with Crippen molar-refractivity contribution in [2.45, 2.75) is 39.5 Å². The number of benzene rings is 1. The van der Waals surface area contributed by atoms with E-state index in [1.165, 1.54) is 24.3 Å². The highest BCUT2D eigenvalue weighted by atomic mass is 16.4. The Kier molecular flexibility index (Phi) is 7.65. The predicted molar refractivity (Wildman–Crippen MR) is 90.4 cm³/mol. The minimum atomic E-state index is -1.06. The molecule has 0 radical (unpaired) electrons. The van der Waals surface area contributed by atoms with Crippen LogP contribution in [-0.4, -0.2) is 34.3 Å². The molecule has 0 aromatic heterocycles. The van der Waals surface area contributed by atoms with Crippen LogP contribution in [0.4, 0.5) is 5.69 Å². The van der Waals surface area contributed by atoms with Gasteiger partial charge in [0, 0.05) is 24.4 Å². The van der Waals surface area contributed by atoms with Gasteiger partial charge in [0.1, 0.15) is 5.78 Å². The van der Waals surface area contributed by atoms with E-state index in [0.717, 1.165) is 0 Å². The fraction of sp³-hybridized carbons (Fsp3) is 0.389. The SMILES string of the molecule is CC(C)C(=O)CC(=O)C(=O)CCCC(=O)Nc1ccc(C(=O)O)cc1. The number of nitrogens with one attached hydrogen (secondary N) is 1. The van der Waals surface area contributed by atoms with Crippen LogP contribution >= 0.6 is 0 Å². The van der Waals surface area contributed by atoms with Crippen molar-refractivity contribution in [3.8, 4) is 0 Å². The van der Waals surface area contributed by atoms with Crippen LogP contribution in [0.25, 0.3) is 0 Å². The zero-order valence-corrected chi connectivity index (χ0v) is 14.2. The van der Waals surface area contributed by atoms with E-state index < -0.39 is 24.0 Å². The quantitative estimate of drug-likeness (QED) is 0.495. The smallest absolute Gasteiger partial charge is 0.335 e. The van der Waals surface area contributed by atoms with Crippen LogP contribution in [-0.2, 0) is 19.2 Å². The molecule has 0 spiro atoms. The largest absolute Gasteiger partial charge is 0.478 e. The molecule has 0 aliphatic carbocycles. The minimum Gasteiger partial charge on any atom is -0.478 e. The Bertz CT molecular complexity index is 675. The summed E-state index contributed by atoms with van der Waals surface area (Å²) in [6, 6.07) is 5.67. The Morgan fingerprint density at radius 1 is 0.960 bits per heavy atom. The summed E-state index contributed by atoms with van der Waals surface area (Å²) >= 11 is 0. The third-order valence-electron chi connectivity index (χ3n) is 3.51. The van der Waals surface area contributed by atoms with Crippen LogP contribution in [0.15, 0.2) is 24.3 Å².